The quantitative estimate of drug-likeness (QED) is 0.412. The van der Waals surface area contributed by atoms with Gasteiger partial charge in [-0.3, -0.25) is 14.8 Å². The van der Waals surface area contributed by atoms with Crippen LogP contribution in [0.5, 0.6) is 0 Å². The van der Waals surface area contributed by atoms with Gasteiger partial charge in [0.15, 0.2) is 0 Å². The van der Waals surface area contributed by atoms with Crippen molar-refractivity contribution in [1.82, 2.24) is 10.2 Å². The van der Waals surface area contributed by atoms with E-state index in [-0.39, 0.29) is 11.9 Å². The van der Waals surface area contributed by atoms with Crippen LogP contribution in [0.2, 0.25) is 5.02 Å². The summed E-state index contributed by atoms with van der Waals surface area (Å²) >= 11 is 6.11. The molecule has 4 nitrogen and oxygen atoms in total. The summed E-state index contributed by atoms with van der Waals surface area (Å²) in [7, 11) is 0. The van der Waals surface area contributed by atoms with E-state index in [1.807, 2.05) is 29.2 Å². The molecule has 0 fully saturated rings. The van der Waals surface area contributed by atoms with Gasteiger partial charge in [-0.1, -0.05) is 72.6 Å². The fraction of sp³-hybridized carbons (Fsp3) is 0.154. The van der Waals surface area contributed by atoms with Crippen molar-refractivity contribution in [2.75, 3.05) is 4.90 Å². The van der Waals surface area contributed by atoms with Crippen molar-refractivity contribution in [3.05, 3.63) is 106 Å². The van der Waals surface area contributed by atoms with Gasteiger partial charge in [0.05, 0.1) is 11.7 Å². The molecule has 4 aromatic rings. The second kappa shape index (κ2) is 7.71. The summed E-state index contributed by atoms with van der Waals surface area (Å²) in [5, 5.41) is 8.20. The molecule has 0 saturated heterocycles. The number of fused-ring (bicyclic) bond motifs is 1. The van der Waals surface area contributed by atoms with Crippen molar-refractivity contribution in [3.63, 3.8) is 0 Å². The number of nitrogens with one attached hydrogen (secondary N) is 1. The van der Waals surface area contributed by atoms with E-state index in [9.17, 15) is 4.79 Å². The average molecular weight is 428 g/mol. The summed E-state index contributed by atoms with van der Waals surface area (Å²) in [4.78, 5) is 15.3. The molecule has 1 aromatic heterocycles. The molecule has 1 aliphatic heterocycles. The Kier molecular flexibility index (Phi) is 4.87. The summed E-state index contributed by atoms with van der Waals surface area (Å²) in [5.74, 6) is -0.0900. The van der Waals surface area contributed by atoms with Crippen LogP contribution in [0.15, 0.2) is 72.8 Å². The number of amides is 1. The maximum atomic E-state index is 13.5. The van der Waals surface area contributed by atoms with Gasteiger partial charge in [0.25, 0.3) is 5.91 Å². The van der Waals surface area contributed by atoms with Crippen LogP contribution < -0.4 is 4.90 Å². The second-order valence-corrected chi connectivity index (χ2v) is 8.31. The first-order valence-electron chi connectivity index (χ1n) is 10.4. The lowest BCUT2D eigenvalue weighted by Crippen LogP contribution is -2.29. The van der Waals surface area contributed by atoms with Crippen LogP contribution in [-0.2, 0) is 6.42 Å². The molecule has 0 aliphatic carbocycles. The largest absolute Gasteiger partial charge is 0.295 e. The number of halogens is 1. The Balaban J connectivity index is 1.70. The summed E-state index contributed by atoms with van der Waals surface area (Å²) in [6, 6.07) is 23.8. The molecule has 154 valence electrons. The highest BCUT2D eigenvalue weighted by molar-refractivity contribution is 6.30. The number of nitrogens with zero attached hydrogens (tertiary/aromatic N) is 2. The van der Waals surface area contributed by atoms with E-state index in [1.165, 1.54) is 11.1 Å². The number of anilines is 1. The number of hydrogen-bond acceptors (Lipinski definition) is 2. The number of hydrogen-bond donors (Lipinski definition) is 1. The number of aromatic amines is 1. The zero-order valence-corrected chi connectivity index (χ0v) is 18.1. The van der Waals surface area contributed by atoms with E-state index < -0.39 is 0 Å². The van der Waals surface area contributed by atoms with Crippen LogP contribution in [-0.4, -0.2) is 16.1 Å². The predicted molar refractivity (Wildman–Crippen MR) is 125 cm³/mol. The van der Waals surface area contributed by atoms with Gasteiger partial charge in [-0.05, 0) is 48.7 Å². The zero-order chi connectivity index (χ0) is 21.5. The second-order valence-electron chi connectivity index (χ2n) is 7.88. The summed E-state index contributed by atoms with van der Waals surface area (Å²) < 4.78 is 0. The number of aromatic nitrogens is 2. The topological polar surface area (TPSA) is 49.0 Å². The van der Waals surface area contributed by atoms with Gasteiger partial charge in [-0.15, -0.1) is 0 Å². The fourth-order valence-electron chi connectivity index (χ4n) is 4.20. The first kappa shape index (κ1) is 19.6. The van der Waals surface area contributed by atoms with Gasteiger partial charge >= 0.3 is 0 Å². The molecule has 1 amide bonds. The summed E-state index contributed by atoms with van der Waals surface area (Å²) in [6.07, 6.45) is 0.969. The molecule has 31 heavy (non-hydrogen) atoms. The lowest BCUT2D eigenvalue weighted by molar-refractivity contribution is 0.0989. The molecule has 1 aliphatic rings. The first-order chi connectivity index (χ1) is 15.1. The first-order valence-corrected chi connectivity index (χ1v) is 10.8. The maximum Gasteiger partial charge on any atom is 0.277 e. The van der Waals surface area contributed by atoms with Crippen molar-refractivity contribution >= 4 is 23.2 Å². The molecule has 5 heteroatoms. The Morgan fingerprint density at radius 2 is 1.65 bits per heavy atom. The van der Waals surface area contributed by atoms with Crippen LogP contribution in [0.1, 0.15) is 45.7 Å². The summed E-state index contributed by atoms with van der Waals surface area (Å²) in [6.45, 7) is 4.19. The molecular weight excluding hydrogens is 406 g/mol. The highest BCUT2D eigenvalue weighted by Gasteiger charge is 2.43. The number of rotatable bonds is 4. The van der Waals surface area contributed by atoms with E-state index >= 15 is 0 Å². The summed E-state index contributed by atoms with van der Waals surface area (Å²) in [5.41, 5.74) is 7.54. The minimum absolute atomic E-state index is 0.0900. The number of benzene rings is 3. The Morgan fingerprint density at radius 3 is 2.29 bits per heavy atom. The molecule has 2 heterocycles. The number of carbonyl (C=O) groups excluding carboxylic acids is 1. The number of aryl methyl sites for hydroxylation is 2. The lowest BCUT2D eigenvalue weighted by atomic mass is 9.94. The Labute approximate surface area is 186 Å². The minimum Gasteiger partial charge on any atom is -0.295 e. The molecule has 0 radical (unpaired) electrons. The van der Waals surface area contributed by atoms with Crippen LogP contribution in [0, 0.1) is 6.92 Å². The van der Waals surface area contributed by atoms with Crippen LogP contribution >= 0.6 is 11.6 Å². The highest BCUT2D eigenvalue weighted by atomic mass is 35.5. The molecule has 1 atom stereocenters. The average Bonchev–Trinajstić information content (AvgIpc) is 3.34. The Hall–Kier alpha value is -3.37. The van der Waals surface area contributed by atoms with Gasteiger partial charge in [-0.25, -0.2) is 0 Å². The zero-order valence-electron chi connectivity index (χ0n) is 17.4. The van der Waals surface area contributed by atoms with Crippen LogP contribution in [0.25, 0.3) is 11.3 Å². The maximum absolute atomic E-state index is 13.5. The van der Waals surface area contributed by atoms with Gasteiger partial charge in [0.2, 0.25) is 0 Å². The molecule has 0 saturated carbocycles. The van der Waals surface area contributed by atoms with Crippen molar-refractivity contribution in [2.45, 2.75) is 26.3 Å². The van der Waals surface area contributed by atoms with Crippen LogP contribution in [0.4, 0.5) is 5.69 Å². The molecule has 0 unspecified atom stereocenters. The lowest BCUT2D eigenvalue weighted by Gasteiger charge is -2.26. The SMILES string of the molecule is CCc1ccc([C@H]2c3c(-c4ccc(C)cc4)n[nH]c3C(=O)N2c2ccc(Cl)cc2)cc1. The molecular formula is C26H22ClN3O. The van der Waals surface area contributed by atoms with E-state index in [1.54, 1.807) is 0 Å². The molecule has 0 spiro atoms. The van der Waals surface area contributed by atoms with Crippen molar-refractivity contribution in [1.29, 1.82) is 0 Å². The van der Waals surface area contributed by atoms with Gasteiger partial charge < -0.3 is 0 Å². The third-order valence-corrected chi connectivity index (χ3v) is 6.15. The molecule has 1 N–H and O–H groups in total. The predicted octanol–water partition coefficient (Wildman–Crippen LogP) is 6.35. The van der Waals surface area contributed by atoms with Gasteiger partial charge in [-0.2, -0.15) is 5.10 Å². The van der Waals surface area contributed by atoms with Crippen molar-refractivity contribution < 1.29 is 4.79 Å². The van der Waals surface area contributed by atoms with E-state index in [4.69, 9.17) is 11.6 Å². The fourth-order valence-corrected chi connectivity index (χ4v) is 4.32. The van der Waals surface area contributed by atoms with Gasteiger partial charge in [0, 0.05) is 21.8 Å². The van der Waals surface area contributed by atoms with E-state index in [0.29, 0.717) is 10.7 Å². The van der Waals surface area contributed by atoms with E-state index in [2.05, 4.69) is 72.6 Å². The highest BCUT2D eigenvalue weighted by Crippen LogP contribution is 2.45. The van der Waals surface area contributed by atoms with Gasteiger partial charge in [0.1, 0.15) is 5.69 Å². The third kappa shape index (κ3) is 3.33. The van der Waals surface area contributed by atoms with Crippen molar-refractivity contribution in [2.24, 2.45) is 0 Å². The Morgan fingerprint density at radius 1 is 0.968 bits per heavy atom. The smallest absolute Gasteiger partial charge is 0.277 e. The molecule has 0 bridgehead atoms. The minimum atomic E-state index is -0.273. The van der Waals surface area contributed by atoms with E-state index in [0.717, 1.165) is 34.5 Å². The Bertz CT molecular complexity index is 1240. The standard InChI is InChI=1S/C26H22ClN3O/c1-3-17-6-10-19(11-7-17)25-22-23(18-8-4-16(2)5-9-18)28-29-24(22)26(31)30(25)21-14-12-20(27)13-15-21/h4-15,25H,3H2,1-2H3,(H,28,29)/t25-/m0/s1. The number of carbonyl (C=O) groups is 1. The number of H-pyrrole nitrogens is 1. The third-order valence-electron chi connectivity index (χ3n) is 5.90. The van der Waals surface area contributed by atoms with Crippen molar-refractivity contribution in [3.8, 4) is 11.3 Å². The normalized spacial score (nSPS) is 15.4. The molecule has 5 rings (SSSR count). The molecule has 3 aromatic carbocycles. The monoisotopic (exact) mass is 427 g/mol. The van der Waals surface area contributed by atoms with Crippen LogP contribution in [0.3, 0.4) is 0 Å².